The highest BCUT2D eigenvalue weighted by atomic mass is 15.2. The quantitative estimate of drug-likeness (QED) is 0.618. The van der Waals surface area contributed by atoms with Crippen molar-refractivity contribution in [2.45, 2.75) is 46.1 Å². The van der Waals surface area contributed by atoms with E-state index >= 15 is 0 Å². The Morgan fingerprint density at radius 1 is 1.35 bits per heavy atom. The Morgan fingerprint density at radius 3 is 2.53 bits per heavy atom. The van der Waals surface area contributed by atoms with Crippen molar-refractivity contribution >= 4 is 0 Å². The van der Waals surface area contributed by atoms with Crippen LogP contribution in [0.25, 0.3) is 0 Å². The molecule has 2 heteroatoms. The van der Waals surface area contributed by atoms with Gasteiger partial charge in [0.05, 0.1) is 6.54 Å². The average Bonchev–Trinajstić information content (AvgIpc) is 3.07. The summed E-state index contributed by atoms with van der Waals surface area (Å²) in [7, 11) is 0. The van der Waals surface area contributed by atoms with Crippen molar-refractivity contribution in [2.75, 3.05) is 26.2 Å². The first-order valence-electron chi connectivity index (χ1n) is 7.05. The summed E-state index contributed by atoms with van der Waals surface area (Å²) in [5.74, 6) is 4.45. The van der Waals surface area contributed by atoms with Gasteiger partial charge in [-0.2, -0.15) is 0 Å². The molecule has 0 aliphatic heterocycles. The lowest BCUT2D eigenvalue weighted by Gasteiger charge is -2.30. The minimum atomic E-state index is 0.602. The van der Waals surface area contributed by atoms with Gasteiger partial charge >= 0.3 is 0 Å². The van der Waals surface area contributed by atoms with E-state index in [-0.39, 0.29) is 0 Å². The number of rotatable bonds is 9. The monoisotopic (exact) mass is 236 g/mol. The van der Waals surface area contributed by atoms with Gasteiger partial charge in [-0.15, -0.1) is 6.42 Å². The molecule has 1 atom stereocenters. The van der Waals surface area contributed by atoms with Crippen LogP contribution in [0, 0.1) is 24.2 Å². The van der Waals surface area contributed by atoms with Crippen LogP contribution in [0.5, 0.6) is 0 Å². The second-order valence-corrected chi connectivity index (χ2v) is 5.69. The second kappa shape index (κ2) is 7.74. The summed E-state index contributed by atoms with van der Waals surface area (Å²) in [4.78, 5) is 2.49. The molecule has 0 spiro atoms. The molecule has 1 unspecified atom stereocenters. The van der Waals surface area contributed by atoms with Crippen molar-refractivity contribution in [1.29, 1.82) is 0 Å². The highest BCUT2D eigenvalue weighted by molar-refractivity contribution is 4.92. The number of nitrogens with one attached hydrogen (secondary N) is 1. The van der Waals surface area contributed by atoms with Gasteiger partial charge < -0.3 is 5.32 Å². The van der Waals surface area contributed by atoms with Gasteiger partial charge in [-0.05, 0) is 37.6 Å². The third-order valence-corrected chi connectivity index (χ3v) is 3.40. The van der Waals surface area contributed by atoms with Gasteiger partial charge in [0.25, 0.3) is 0 Å². The van der Waals surface area contributed by atoms with Crippen molar-refractivity contribution in [3.8, 4) is 12.3 Å². The molecule has 1 saturated carbocycles. The van der Waals surface area contributed by atoms with Crippen molar-refractivity contribution in [3.63, 3.8) is 0 Å². The third kappa shape index (κ3) is 6.10. The maximum Gasteiger partial charge on any atom is 0.0601 e. The van der Waals surface area contributed by atoms with Gasteiger partial charge in [0.2, 0.25) is 0 Å². The molecule has 98 valence electrons. The summed E-state index contributed by atoms with van der Waals surface area (Å²) in [6, 6.07) is 0.602. The first-order chi connectivity index (χ1) is 8.17. The van der Waals surface area contributed by atoms with E-state index in [1.54, 1.807) is 0 Å². The smallest absolute Gasteiger partial charge is 0.0601 e. The van der Waals surface area contributed by atoms with Crippen LogP contribution >= 0.6 is 0 Å². The molecule has 0 radical (unpaired) electrons. The molecule has 0 amide bonds. The molecule has 17 heavy (non-hydrogen) atoms. The van der Waals surface area contributed by atoms with E-state index in [0.29, 0.717) is 6.04 Å². The summed E-state index contributed by atoms with van der Waals surface area (Å²) in [6.07, 6.45) is 9.46. The van der Waals surface area contributed by atoms with Gasteiger partial charge in [0.1, 0.15) is 0 Å². The largest absolute Gasteiger partial charge is 0.315 e. The molecule has 0 heterocycles. The predicted molar refractivity (Wildman–Crippen MR) is 74.9 cm³/mol. The average molecular weight is 236 g/mol. The van der Waals surface area contributed by atoms with E-state index in [9.17, 15) is 0 Å². The second-order valence-electron chi connectivity index (χ2n) is 5.69. The van der Waals surface area contributed by atoms with E-state index < -0.39 is 0 Å². The fraction of sp³-hybridized carbons (Fsp3) is 0.867. The molecule has 2 nitrogen and oxygen atoms in total. The molecule has 0 saturated heterocycles. The Bertz CT molecular complexity index is 238. The van der Waals surface area contributed by atoms with Crippen molar-refractivity contribution in [2.24, 2.45) is 11.8 Å². The molecule has 1 aliphatic carbocycles. The number of hydrogen-bond donors (Lipinski definition) is 1. The zero-order valence-electron chi connectivity index (χ0n) is 11.7. The molecule has 0 bridgehead atoms. The number of nitrogens with zero attached hydrogens (tertiary/aromatic N) is 1. The summed E-state index contributed by atoms with van der Waals surface area (Å²) >= 11 is 0. The molecule has 1 N–H and O–H groups in total. The molecule has 1 fully saturated rings. The Balaban J connectivity index is 2.34. The minimum Gasteiger partial charge on any atom is -0.315 e. The number of terminal acetylenes is 1. The SMILES string of the molecule is C#CCN(CC1CC1)C(CC)CNCC(C)C. The van der Waals surface area contributed by atoms with E-state index in [1.165, 1.54) is 25.8 Å². The molecule has 0 aromatic carbocycles. The van der Waals surface area contributed by atoms with Crippen molar-refractivity contribution < 1.29 is 0 Å². The highest BCUT2D eigenvalue weighted by Gasteiger charge is 2.26. The number of hydrogen-bond acceptors (Lipinski definition) is 2. The molecular weight excluding hydrogens is 208 g/mol. The van der Waals surface area contributed by atoms with E-state index in [4.69, 9.17) is 6.42 Å². The van der Waals surface area contributed by atoms with Crippen LogP contribution in [0.2, 0.25) is 0 Å². The summed E-state index contributed by atoms with van der Waals surface area (Å²) < 4.78 is 0. The van der Waals surface area contributed by atoms with Crippen LogP contribution in [0.1, 0.15) is 40.0 Å². The Kier molecular flexibility index (Phi) is 6.62. The standard InChI is InChI=1S/C15H28N2/c1-5-9-17(12-14-7-8-14)15(6-2)11-16-10-13(3)4/h1,13-16H,6-12H2,2-4H3. The van der Waals surface area contributed by atoms with E-state index in [0.717, 1.165) is 31.5 Å². The zero-order valence-corrected chi connectivity index (χ0v) is 11.7. The van der Waals surface area contributed by atoms with Crippen LogP contribution in [0.4, 0.5) is 0 Å². The Hall–Kier alpha value is -0.520. The van der Waals surface area contributed by atoms with Crippen molar-refractivity contribution in [3.05, 3.63) is 0 Å². The topological polar surface area (TPSA) is 15.3 Å². The molecule has 1 aliphatic rings. The van der Waals surface area contributed by atoms with Crippen LogP contribution in [0.15, 0.2) is 0 Å². The summed E-state index contributed by atoms with van der Waals surface area (Å²) in [5.41, 5.74) is 0. The summed E-state index contributed by atoms with van der Waals surface area (Å²) in [5, 5.41) is 3.56. The highest BCUT2D eigenvalue weighted by Crippen LogP contribution is 2.30. The van der Waals surface area contributed by atoms with Gasteiger partial charge in [-0.1, -0.05) is 26.7 Å². The van der Waals surface area contributed by atoms with E-state index in [2.05, 4.69) is 36.9 Å². The molecule has 0 aromatic rings. The van der Waals surface area contributed by atoms with Gasteiger partial charge in [-0.3, -0.25) is 4.90 Å². The maximum atomic E-state index is 5.48. The van der Waals surface area contributed by atoms with Crippen LogP contribution in [0.3, 0.4) is 0 Å². The lowest BCUT2D eigenvalue weighted by Crippen LogP contribution is -2.44. The van der Waals surface area contributed by atoms with Crippen LogP contribution in [-0.4, -0.2) is 37.1 Å². The normalized spacial score (nSPS) is 17.4. The minimum absolute atomic E-state index is 0.602. The zero-order chi connectivity index (χ0) is 12.7. The van der Waals surface area contributed by atoms with Crippen LogP contribution < -0.4 is 5.32 Å². The maximum absolute atomic E-state index is 5.48. The lowest BCUT2D eigenvalue weighted by atomic mass is 10.1. The van der Waals surface area contributed by atoms with Crippen LogP contribution in [-0.2, 0) is 0 Å². The van der Waals surface area contributed by atoms with Crippen molar-refractivity contribution in [1.82, 2.24) is 10.2 Å². The fourth-order valence-corrected chi connectivity index (χ4v) is 2.16. The molecule has 0 aromatic heterocycles. The lowest BCUT2D eigenvalue weighted by molar-refractivity contribution is 0.200. The Morgan fingerprint density at radius 2 is 2.06 bits per heavy atom. The molecule has 1 rings (SSSR count). The Labute approximate surface area is 107 Å². The van der Waals surface area contributed by atoms with Gasteiger partial charge in [-0.25, -0.2) is 0 Å². The summed E-state index contributed by atoms with van der Waals surface area (Å²) in [6.45, 7) is 10.9. The van der Waals surface area contributed by atoms with E-state index in [1.807, 2.05) is 0 Å². The predicted octanol–water partition coefficient (Wildman–Crippen LogP) is 2.36. The first kappa shape index (κ1) is 14.5. The fourth-order valence-electron chi connectivity index (χ4n) is 2.16. The van der Waals surface area contributed by atoms with Gasteiger partial charge in [0.15, 0.2) is 0 Å². The molecular formula is C15H28N2. The van der Waals surface area contributed by atoms with Gasteiger partial charge in [0, 0.05) is 19.1 Å². The third-order valence-electron chi connectivity index (χ3n) is 3.40. The first-order valence-corrected chi connectivity index (χ1v) is 7.05.